The van der Waals surface area contributed by atoms with E-state index in [2.05, 4.69) is 0 Å². The third-order valence-electron chi connectivity index (χ3n) is 3.85. The SMILES string of the molecule is CSCC[C@H](N)C(=O)ON1CCC[C@H]1C(=O)OC(=O)[C@@H](N)CC(C)C. The van der Waals surface area contributed by atoms with Gasteiger partial charge in [0.1, 0.15) is 18.1 Å². The highest BCUT2D eigenvalue weighted by Crippen LogP contribution is 2.20. The molecule has 0 spiro atoms. The van der Waals surface area contributed by atoms with E-state index in [1.165, 1.54) is 5.06 Å². The summed E-state index contributed by atoms with van der Waals surface area (Å²) in [5.41, 5.74) is 11.5. The van der Waals surface area contributed by atoms with Crippen LogP contribution >= 0.6 is 11.8 Å². The van der Waals surface area contributed by atoms with Crippen molar-refractivity contribution >= 4 is 29.7 Å². The van der Waals surface area contributed by atoms with Crippen LogP contribution in [0.5, 0.6) is 0 Å². The lowest BCUT2D eigenvalue weighted by atomic mass is 10.1. The second kappa shape index (κ2) is 10.7. The zero-order chi connectivity index (χ0) is 19.0. The summed E-state index contributed by atoms with van der Waals surface area (Å²) in [7, 11) is 0. The normalized spacial score (nSPS) is 20.3. The van der Waals surface area contributed by atoms with Gasteiger partial charge in [-0.15, -0.1) is 5.06 Å². The first-order chi connectivity index (χ1) is 11.8. The molecular formula is C16H29N3O5S. The minimum Gasteiger partial charge on any atom is -0.391 e. The fourth-order valence-corrected chi connectivity index (χ4v) is 2.97. The monoisotopic (exact) mass is 375 g/mol. The molecule has 1 heterocycles. The molecular weight excluding hydrogens is 346 g/mol. The maximum atomic E-state index is 12.2. The van der Waals surface area contributed by atoms with Crippen molar-refractivity contribution in [3.05, 3.63) is 0 Å². The molecule has 1 rings (SSSR count). The summed E-state index contributed by atoms with van der Waals surface area (Å²) in [6, 6.07) is -2.39. The number of hydrogen-bond acceptors (Lipinski definition) is 9. The first-order valence-corrected chi connectivity index (χ1v) is 9.89. The maximum Gasteiger partial charge on any atom is 0.341 e. The molecule has 0 aromatic carbocycles. The highest BCUT2D eigenvalue weighted by atomic mass is 32.2. The molecule has 0 saturated carbocycles. The lowest BCUT2D eigenvalue weighted by Crippen LogP contribution is -2.45. The molecule has 0 aliphatic carbocycles. The Morgan fingerprint density at radius 3 is 2.48 bits per heavy atom. The van der Waals surface area contributed by atoms with Gasteiger partial charge in [0.2, 0.25) is 0 Å². The van der Waals surface area contributed by atoms with Gasteiger partial charge in [0.25, 0.3) is 0 Å². The molecule has 0 radical (unpaired) electrons. The van der Waals surface area contributed by atoms with E-state index >= 15 is 0 Å². The Bertz CT molecular complexity index is 475. The van der Waals surface area contributed by atoms with Crippen LogP contribution in [0.3, 0.4) is 0 Å². The van der Waals surface area contributed by atoms with Gasteiger partial charge in [-0.25, -0.2) is 14.4 Å². The smallest absolute Gasteiger partial charge is 0.341 e. The van der Waals surface area contributed by atoms with Gasteiger partial charge in [-0.05, 0) is 43.6 Å². The molecule has 0 bridgehead atoms. The van der Waals surface area contributed by atoms with Gasteiger partial charge in [-0.3, -0.25) is 0 Å². The summed E-state index contributed by atoms with van der Waals surface area (Å²) >= 11 is 1.58. The van der Waals surface area contributed by atoms with Crippen LogP contribution in [0.15, 0.2) is 0 Å². The minimum atomic E-state index is -0.846. The van der Waals surface area contributed by atoms with E-state index in [-0.39, 0.29) is 5.92 Å². The lowest BCUT2D eigenvalue weighted by Gasteiger charge is -2.23. The standard InChI is InChI=1S/C16H29N3O5S/c1-10(2)9-12(18)14(20)23-16(22)13-5-4-7-19(13)24-15(21)11(17)6-8-25-3/h10-13H,4-9,17-18H2,1-3H3/t11-,12-,13-/m0/s1. The molecule has 3 atom stereocenters. The average Bonchev–Trinajstić information content (AvgIpc) is 2.99. The van der Waals surface area contributed by atoms with E-state index in [9.17, 15) is 14.4 Å². The van der Waals surface area contributed by atoms with E-state index in [0.29, 0.717) is 32.2 Å². The Labute approximate surface area is 152 Å². The number of ether oxygens (including phenoxy) is 1. The van der Waals surface area contributed by atoms with Gasteiger partial charge in [0.05, 0.1) is 0 Å². The molecule has 25 heavy (non-hydrogen) atoms. The average molecular weight is 375 g/mol. The molecule has 4 N–H and O–H groups in total. The minimum absolute atomic E-state index is 0.212. The quantitative estimate of drug-likeness (QED) is 0.436. The second-order valence-electron chi connectivity index (χ2n) is 6.57. The molecule has 1 fully saturated rings. The van der Waals surface area contributed by atoms with Gasteiger partial charge in [-0.1, -0.05) is 13.8 Å². The summed E-state index contributed by atoms with van der Waals surface area (Å²) in [4.78, 5) is 41.3. The zero-order valence-electron chi connectivity index (χ0n) is 15.1. The Hall–Kier alpha value is -1.16. The van der Waals surface area contributed by atoms with Crippen LogP contribution in [-0.4, -0.2) is 59.7 Å². The molecule has 0 aromatic heterocycles. The first kappa shape index (κ1) is 21.9. The number of thioether (sulfide) groups is 1. The summed E-state index contributed by atoms with van der Waals surface area (Å²) < 4.78 is 4.86. The lowest BCUT2D eigenvalue weighted by molar-refractivity contribution is -0.202. The van der Waals surface area contributed by atoms with Crippen molar-refractivity contribution in [2.24, 2.45) is 17.4 Å². The van der Waals surface area contributed by atoms with Crippen LogP contribution in [0, 0.1) is 5.92 Å². The number of carbonyl (C=O) groups is 3. The highest BCUT2D eigenvalue weighted by Gasteiger charge is 2.37. The maximum absolute atomic E-state index is 12.2. The van der Waals surface area contributed by atoms with Gasteiger partial charge < -0.3 is 21.0 Å². The number of carbonyl (C=O) groups excluding carboxylic acids is 3. The van der Waals surface area contributed by atoms with Crippen molar-refractivity contribution in [2.45, 2.75) is 57.7 Å². The number of nitrogens with two attached hydrogens (primary N) is 2. The van der Waals surface area contributed by atoms with Crippen molar-refractivity contribution in [1.29, 1.82) is 0 Å². The predicted octanol–water partition coefficient (Wildman–Crippen LogP) is 0.433. The van der Waals surface area contributed by atoms with Gasteiger partial charge in [0, 0.05) is 6.54 Å². The predicted molar refractivity (Wildman–Crippen MR) is 95.3 cm³/mol. The zero-order valence-corrected chi connectivity index (χ0v) is 15.9. The van der Waals surface area contributed by atoms with E-state index in [1.54, 1.807) is 11.8 Å². The molecule has 1 aliphatic rings. The summed E-state index contributed by atoms with van der Waals surface area (Å²) in [5, 5.41) is 1.25. The number of rotatable bonds is 9. The molecule has 0 unspecified atom stereocenters. The van der Waals surface area contributed by atoms with Crippen LogP contribution in [0.4, 0.5) is 0 Å². The van der Waals surface area contributed by atoms with E-state index in [0.717, 1.165) is 5.75 Å². The summed E-state index contributed by atoms with van der Waals surface area (Å²) in [6.07, 6.45) is 3.94. The molecule has 0 amide bonds. The van der Waals surface area contributed by atoms with Crippen LogP contribution in [0.2, 0.25) is 0 Å². The third-order valence-corrected chi connectivity index (χ3v) is 4.49. The fraction of sp³-hybridized carbons (Fsp3) is 0.812. The Morgan fingerprint density at radius 1 is 1.20 bits per heavy atom. The van der Waals surface area contributed by atoms with Crippen LogP contribution in [0.25, 0.3) is 0 Å². The van der Waals surface area contributed by atoms with Gasteiger partial charge in [-0.2, -0.15) is 11.8 Å². The van der Waals surface area contributed by atoms with Crippen LogP contribution in [0.1, 0.15) is 39.5 Å². The summed E-state index contributed by atoms with van der Waals surface area (Å²) in [6.45, 7) is 4.24. The highest BCUT2D eigenvalue weighted by molar-refractivity contribution is 7.98. The molecule has 0 aromatic rings. The number of hydrogen-bond donors (Lipinski definition) is 2. The topological polar surface area (TPSA) is 125 Å². The van der Waals surface area contributed by atoms with Crippen molar-refractivity contribution < 1.29 is 24.0 Å². The molecule has 1 aliphatic heterocycles. The van der Waals surface area contributed by atoms with Crippen LogP contribution in [-0.2, 0) is 24.0 Å². The van der Waals surface area contributed by atoms with Crippen molar-refractivity contribution in [3.8, 4) is 0 Å². The first-order valence-electron chi connectivity index (χ1n) is 8.50. The van der Waals surface area contributed by atoms with E-state index < -0.39 is 36.0 Å². The number of hydroxylamine groups is 2. The summed E-state index contributed by atoms with van der Waals surface area (Å²) in [5.74, 6) is -1.13. The molecule has 8 nitrogen and oxygen atoms in total. The molecule has 9 heteroatoms. The number of nitrogens with zero attached hydrogens (tertiary/aromatic N) is 1. The van der Waals surface area contributed by atoms with E-state index in [4.69, 9.17) is 21.0 Å². The Kier molecular flexibility index (Phi) is 9.41. The van der Waals surface area contributed by atoms with Crippen molar-refractivity contribution in [2.75, 3.05) is 18.6 Å². The largest absolute Gasteiger partial charge is 0.391 e. The fourth-order valence-electron chi connectivity index (χ4n) is 2.48. The van der Waals surface area contributed by atoms with Crippen molar-refractivity contribution in [3.63, 3.8) is 0 Å². The Balaban J connectivity index is 2.54. The molecule has 144 valence electrons. The second-order valence-corrected chi connectivity index (χ2v) is 7.56. The van der Waals surface area contributed by atoms with Gasteiger partial charge in [0.15, 0.2) is 0 Å². The number of esters is 2. The van der Waals surface area contributed by atoms with Crippen LogP contribution < -0.4 is 11.5 Å². The molecule has 1 saturated heterocycles. The Morgan fingerprint density at radius 2 is 1.88 bits per heavy atom. The third kappa shape index (κ3) is 7.31. The van der Waals surface area contributed by atoms with E-state index in [1.807, 2.05) is 20.1 Å². The van der Waals surface area contributed by atoms with Gasteiger partial charge >= 0.3 is 17.9 Å². The van der Waals surface area contributed by atoms with Crippen molar-refractivity contribution in [1.82, 2.24) is 5.06 Å².